The van der Waals surface area contributed by atoms with E-state index in [2.05, 4.69) is 20.3 Å². The lowest BCUT2D eigenvalue weighted by atomic mass is 10.1. The Kier molecular flexibility index (Phi) is 5.13. The standard InChI is InChI=1S/C18H20N4O3/c1-2-25-18(24)16(8-13-10-19-11-21-13)22-17(23)7-12-9-20-15-6-4-3-5-14(12)15/h3-6,9-11,16,20H,2,7-8H2,1H3,(H,19,21)(H,22,23)/t16-/m0/s1. The second kappa shape index (κ2) is 7.65. The van der Waals surface area contributed by atoms with Crippen LogP contribution in [0.5, 0.6) is 0 Å². The number of nitrogens with zero attached hydrogens (tertiary/aromatic N) is 1. The number of hydrogen-bond donors (Lipinski definition) is 3. The summed E-state index contributed by atoms with van der Waals surface area (Å²) in [6.07, 6.45) is 5.46. The number of imidazole rings is 1. The maximum absolute atomic E-state index is 12.4. The summed E-state index contributed by atoms with van der Waals surface area (Å²) in [6, 6.07) is 7.03. The number of nitrogens with one attached hydrogen (secondary N) is 3. The molecule has 0 bridgehead atoms. The van der Waals surface area contributed by atoms with Gasteiger partial charge in [0, 0.05) is 35.4 Å². The van der Waals surface area contributed by atoms with Gasteiger partial charge in [-0.25, -0.2) is 9.78 Å². The van der Waals surface area contributed by atoms with E-state index >= 15 is 0 Å². The van der Waals surface area contributed by atoms with Gasteiger partial charge in [-0.15, -0.1) is 0 Å². The third kappa shape index (κ3) is 4.06. The number of aromatic nitrogens is 3. The quantitative estimate of drug-likeness (QED) is 0.570. The van der Waals surface area contributed by atoms with Crippen LogP contribution in [0.2, 0.25) is 0 Å². The van der Waals surface area contributed by atoms with Gasteiger partial charge >= 0.3 is 5.97 Å². The van der Waals surface area contributed by atoms with Gasteiger partial charge in [0.05, 0.1) is 19.4 Å². The smallest absolute Gasteiger partial charge is 0.329 e. The summed E-state index contributed by atoms with van der Waals surface area (Å²) in [5.41, 5.74) is 2.62. The molecule has 0 unspecified atom stereocenters. The fraction of sp³-hybridized carbons (Fsp3) is 0.278. The zero-order valence-corrected chi connectivity index (χ0v) is 13.9. The molecule has 0 fully saturated rings. The van der Waals surface area contributed by atoms with Gasteiger partial charge < -0.3 is 20.0 Å². The van der Waals surface area contributed by atoms with Crippen molar-refractivity contribution in [1.29, 1.82) is 0 Å². The highest BCUT2D eigenvalue weighted by molar-refractivity contribution is 5.90. The first-order valence-electron chi connectivity index (χ1n) is 8.15. The monoisotopic (exact) mass is 340 g/mol. The molecule has 3 rings (SSSR count). The summed E-state index contributed by atoms with van der Waals surface area (Å²) in [6.45, 7) is 2.00. The number of benzene rings is 1. The Balaban J connectivity index is 1.69. The van der Waals surface area contributed by atoms with E-state index in [9.17, 15) is 9.59 Å². The molecule has 0 radical (unpaired) electrons. The number of carbonyl (C=O) groups is 2. The molecular formula is C18H20N4O3. The average molecular weight is 340 g/mol. The van der Waals surface area contributed by atoms with Gasteiger partial charge in [0.15, 0.2) is 0 Å². The Morgan fingerprint density at radius 2 is 2.12 bits per heavy atom. The van der Waals surface area contributed by atoms with E-state index < -0.39 is 12.0 Å². The van der Waals surface area contributed by atoms with Gasteiger partial charge in [-0.3, -0.25) is 4.79 Å². The summed E-state index contributed by atoms with van der Waals surface area (Å²) in [5, 5.41) is 3.77. The molecule has 1 amide bonds. The number of amides is 1. The van der Waals surface area contributed by atoms with Crippen molar-refractivity contribution in [2.24, 2.45) is 0 Å². The van der Waals surface area contributed by atoms with E-state index in [1.54, 1.807) is 13.1 Å². The van der Waals surface area contributed by atoms with Crippen LogP contribution in [-0.2, 0) is 27.2 Å². The number of H-pyrrole nitrogens is 2. The van der Waals surface area contributed by atoms with E-state index in [0.717, 1.165) is 22.2 Å². The van der Waals surface area contributed by atoms with Crippen molar-refractivity contribution in [3.63, 3.8) is 0 Å². The average Bonchev–Trinajstić information content (AvgIpc) is 3.25. The molecular weight excluding hydrogens is 320 g/mol. The van der Waals surface area contributed by atoms with Crippen molar-refractivity contribution in [3.05, 3.63) is 54.2 Å². The van der Waals surface area contributed by atoms with Gasteiger partial charge in [0.25, 0.3) is 0 Å². The van der Waals surface area contributed by atoms with Crippen LogP contribution in [0, 0.1) is 0 Å². The number of rotatable bonds is 7. The van der Waals surface area contributed by atoms with Crippen LogP contribution >= 0.6 is 0 Å². The fourth-order valence-electron chi connectivity index (χ4n) is 2.75. The minimum absolute atomic E-state index is 0.183. The topological polar surface area (TPSA) is 99.9 Å². The summed E-state index contributed by atoms with van der Waals surface area (Å²) in [5.74, 6) is -0.688. The van der Waals surface area contributed by atoms with Crippen molar-refractivity contribution in [2.75, 3.05) is 6.61 Å². The highest BCUT2D eigenvalue weighted by Crippen LogP contribution is 2.18. The molecule has 0 aliphatic rings. The molecule has 1 aromatic carbocycles. The van der Waals surface area contributed by atoms with E-state index in [0.29, 0.717) is 6.42 Å². The molecule has 3 N–H and O–H groups in total. The minimum atomic E-state index is -0.752. The molecule has 1 atom stereocenters. The lowest BCUT2D eigenvalue weighted by Gasteiger charge is -2.16. The largest absolute Gasteiger partial charge is 0.464 e. The summed E-state index contributed by atoms with van der Waals surface area (Å²) >= 11 is 0. The summed E-state index contributed by atoms with van der Waals surface area (Å²) in [7, 11) is 0. The summed E-state index contributed by atoms with van der Waals surface area (Å²) < 4.78 is 5.07. The van der Waals surface area contributed by atoms with E-state index in [1.165, 1.54) is 6.33 Å². The molecule has 0 spiro atoms. The third-order valence-corrected chi connectivity index (χ3v) is 3.91. The normalized spacial score (nSPS) is 12.0. The summed E-state index contributed by atoms with van der Waals surface area (Å²) in [4.78, 5) is 34.6. The molecule has 7 heteroatoms. The zero-order valence-electron chi connectivity index (χ0n) is 13.9. The third-order valence-electron chi connectivity index (χ3n) is 3.91. The highest BCUT2D eigenvalue weighted by Gasteiger charge is 2.23. The van der Waals surface area contributed by atoms with Crippen LogP contribution < -0.4 is 5.32 Å². The molecule has 0 saturated carbocycles. The van der Waals surface area contributed by atoms with Gasteiger partial charge in [-0.2, -0.15) is 0 Å². The predicted octanol–water partition coefficient (Wildman–Crippen LogP) is 1.72. The molecule has 2 aromatic heterocycles. The van der Waals surface area contributed by atoms with Crippen molar-refractivity contribution < 1.29 is 14.3 Å². The van der Waals surface area contributed by atoms with E-state index in [1.807, 2.05) is 30.5 Å². The molecule has 0 aliphatic carbocycles. The van der Waals surface area contributed by atoms with Crippen molar-refractivity contribution >= 4 is 22.8 Å². The number of esters is 1. The Labute approximate surface area is 144 Å². The first-order valence-corrected chi connectivity index (χ1v) is 8.15. The molecule has 3 aromatic rings. The van der Waals surface area contributed by atoms with Crippen molar-refractivity contribution in [3.8, 4) is 0 Å². The fourth-order valence-corrected chi connectivity index (χ4v) is 2.75. The number of ether oxygens (including phenoxy) is 1. The maximum Gasteiger partial charge on any atom is 0.329 e. The van der Waals surface area contributed by atoms with Gasteiger partial charge in [0.1, 0.15) is 6.04 Å². The maximum atomic E-state index is 12.4. The van der Waals surface area contributed by atoms with Crippen LogP contribution in [-0.4, -0.2) is 39.5 Å². The number of hydrogen-bond acceptors (Lipinski definition) is 4. The van der Waals surface area contributed by atoms with Crippen LogP contribution in [0.4, 0.5) is 0 Å². The molecule has 0 aliphatic heterocycles. The SMILES string of the molecule is CCOC(=O)[C@H](Cc1cnc[nH]1)NC(=O)Cc1c[nH]c2ccccc12. The van der Waals surface area contributed by atoms with Crippen LogP contribution in [0.1, 0.15) is 18.2 Å². The van der Waals surface area contributed by atoms with Crippen LogP contribution in [0.25, 0.3) is 10.9 Å². The Morgan fingerprint density at radius 3 is 2.88 bits per heavy atom. The zero-order chi connectivity index (χ0) is 17.6. The number of aromatic amines is 2. The molecule has 130 valence electrons. The Hall–Kier alpha value is -3.09. The van der Waals surface area contributed by atoms with Crippen LogP contribution in [0.15, 0.2) is 43.0 Å². The van der Waals surface area contributed by atoms with Gasteiger partial charge in [-0.1, -0.05) is 18.2 Å². The minimum Gasteiger partial charge on any atom is -0.464 e. The molecule has 0 saturated heterocycles. The highest BCUT2D eigenvalue weighted by atomic mass is 16.5. The number of carbonyl (C=O) groups excluding carboxylic acids is 2. The van der Waals surface area contributed by atoms with E-state index in [4.69, 9.17) is 4.74 Å². The first kappa shape index (κ1) is 16.8. The Morgan fingerprint density at radius 1 is 1.28 bits per heavy atom. The lowest BCUT2D eigenvalue weighted by molar-refractivity contribution is -0.147. The van der Waals surface area contributed by atoms with Crippen LogP contribution in [0.3, 0.4) is 0 Å². The second-order valence-electron chi connectivity index (χ2n) is 5.69. The van der Waals surface area contributed by atoms with Crippen molar-refractivity contribution in [1.82, 2.24) is 20.3 Å². The van der Waals surface area contributed by atoms with Crippen molar-refractivity contribution in [2.45, 2.75) is 25.8 Å². The second-order valence-corrected chi connectivity index (χ2v) is 5.69. The number of fused-ring (bicyclic) bond motifs is 1. The lowest BCUT2D eigenvalue weighted by Crippen LogP contribution is -2.44. The first-order chi connectivity index (χ1) is 12.2. The Bertz CT molecular complexity index is 854. The predicted molar refractivity (Wildman–Crippen MR) is 92.9 cm³/mol. The van der Waals surface area contributed by atoms with Gasteiger partial charge in [-0.05, 0) is 18.6 Å². The molecule has 25 heavy (non-hydrogen) atoms. The van der Waals surface area contributed by atoms with Gasteiger partial charge in [0.2, 0.25) is 5.91 Å². The molecule has 2 heterocycles. The number of para-hydroxylation sites is 1. The molecule has 7 nitrogen and oxygen atoms in total. The van der Waals surface area contributed by atoms with E-state index in [-0.39, 0.29) is 18.9 Å².